The van der Waals surface area contributed by atoms with E-state index < -0.39 is 0 Å². The van der Waals surface area contributed by atoms with Gasteiger partial charge in [-0.2, -0.15) is 0 Å². The van der Waals surface area contributed by atoms with Crippen LogP contribution >= 0.6 is 11.8 Å². The van der Waals surface area contributed by atoms with E-state index in [0.29, 0.717) is 6.61 Å². The van der Waals surface area contributed by atoms with Gasteiger partial charge in [0.15, 0.2) is 0 Å². The summed E-state index contributed by atoms with van der Waals surface area (Å²) in [6.07, 6.45) is 3.65. The van der Waals surface area contributed by atoms with Gasteiger partial charge in [0.1, 0.15) is 12.4 Å². The largest absolute Gasteiger partial charge is 0.489 e. The minimum atomic E-state index is -0.221. The van der Waals surface area contributed by atoms with Crippen LogP contribution in [0.5, 0.6) is 5.75 Å². The van der Waals surface area contributed by atoms with Gasteiger partial charge < -0.3 is 4.74 Å². The zero-order valence-electron chi connectivity index (χ0n) is 13.9. The summed E-state index contributed by atoms with van der Waals surface area (Å²) in [6, 6.07) is 18.3. The van der Waals surface area contributed by atoms with E-state index in [1.807, 2.05) is 42.5 Å². The first-order chi connectivity index (χ1) is 12.2. The van der Waals surface area contributed by atoms with Gasteiger partial charge in [-0.25, -0.2) is 0 Å². The van der Waals surface area contributed by atoms with Crippen LogP contribution in [-0.4, -0.2) is 16.4 Å². The Morgan fingerprint density at radius 1 is 0.920 bits per heavy atom. The van der Waals surface area contributed by atoms with Crippen LogP contribution in [0.4, 0.5) is 4.79 Å². The van der Waals surface area contributed by atoms with Gasteiger partial charge in [0.05, 0.1) is 5.25 Å². The molecule has 2 aromatic rings. The molecular weight excluding hydrogens is 334 g/mol. The first kappa shape index (κ1) is 17.5. The van der Waals surface area contributed by atoms with E-state index in [0.717, 1.165) is 48.8 Å². The van der Waals surface area contributed by atoms with Gasteiger partial charge in [-0.05, 0) is 42.5 Å². The molecular formula is C20H21NO3S. The molecule has 4 nitrogen and oxygen atoms in total. The van der Waals surface area contributed by atoms with Gasteiger partial charge in [-0.1, -0.05) is 60.6 Å². The van der Waals surface area contributed by atoms with Crippen LogP contribution in [0, 0.1) is 0 Å². The Bertz CT molecular complexity index is 715. The van der Waals surface area contributed by atoms with Gasteiger partial charge in [-0.15, -0.1) is 0 Å². The summed E-state index contributed by atoms with van der Waals surface area (Å²) >= 11 is 1.11. The van der Waals surface area contributed by atoms with E-state index in [2.05, 4.69) is 17.4 Å². The third kappa shape index (κ3) is 5.36. The number of hydrogen-bond acceptors (Lipinski definition) is 4. The number of carbonyl (C=O) groups excluding carboxylic acids is 2. The smallest absolute Gasteiger partial charge is 0.286 e. The molecule has 2 aromatic carbocycles. The first-order valence-electron chi connectivity index (χ1n) is 8.48. The maximum atomic E-state index is 11.5. The molecule has 1 saturated heterocycles. The summed E-state index contributed by atoms with van der Waals surface area (Å²) < 4.78 is 5.78. The number of thioether (sulfide) groups is 1. The second-order valence-corrected chi connectivity index (χ2v) is 7.22. The van der Waals surface area contributed by atoms with Gasteiger partial charge in [0.2, 0.25) is 5.91 Å². The molecule has 0 aromatic heterocycles. The van der Waals surface area contributed by atoms with Crippen molar-refractivity contribution in [3.05, 3.63) is 65.7 Å². The fraction of sp³-hybridized carbons (Fsp3) is 0.300. The van der Waals surface area contributed by atoms with E-state index in [1.54, 1.807) is 0 Å². The number of unbranched alkanes of at least 4 members (excludes halogenated alkanes) is 1. The van der Waals surface area contributed by atoms with E-state index in [4.69, 9.17) is 4.74 Å². The monoisotopic (exact) mass is 355 g/mol. The lowest BCUT2D eigenvalue weighted by atomic mass is 10.1. The Morgan fingerprint density at radius 3 is 2.36 bits per heavy atom. The third-order valence-electron chi connectivity index (χ3n) is 4.12. The second kappa shape index (κ2) is 8.72. The molecule has 1 unspecified atom stereocenters. The SMILES string of the molecule is O=C1NC(=O)C(CCCCc2ccc(OCc3ccccc3)cc2)S1. The molecule has 0 bridgehead atoms. The third-order valence-corrected chi connectivity index (χ3v) is 5.17. The fourth-order valence-corrected chi connectivity index (χ4v) is 3.60. The van der Waals surface area contributed by atoms with Crippen molar-refractivity contribution in [1.29, 1.82) is 0 Å². The number of nitrogens with one attached hydrogen (secondary N) is 1. The molecule has 5 heteroatoms. The highest BCUT2D eigenvalue weighted by molar-refractivity contribution is 8.15. The number of carbonyl (C=O) groups is 2. The second-order valence-electron chi connectivity index (χ2n) is 6.05. The molecule has 0 spiro atoms. The standard InChI is InChI=1S/C20H21NO3S/c22-19-18(25-20(23)21-19)9-5-4-6-15-10-12-17(13-11-15)24-14-16-7-2-1-3-8-16/h1-3,7-8,10-13,18H,4-6,9,14H2,(H,21,22,23). The molecule has 1 aliphatic heterocycles. The van der Waals surface area contributed by atoms with Crippen LogP contribution in [0.2, 0.25) is 0 Å². The number of rotatable bonds is 8. The summed E-state index contributed by atoms with van der Waals surface area (Å²) in [4.78, 5) is 22.6. The minimum absolute atomic E-state index is 0.144. The summed E-state index contributed by atoms with van der Waals surface area (Å²) in [5.74, 6) is 0.722. The number of aryl methyl sites for hydroxylation is 1. The molecule has 1 heterocycles. The van der Waals surface area contributed by atoms with Crippen molar-refractivity contribution in [2.24, 2.45) is 0 Å². The lowest BCUT2D eigenvalue weighted by Crippen LogP contribution is -2.24. The Labute approximate surface area is 152 Å². The number of hydrogen-bond donors (Lipinski definition) is 1. The highest BCUT2D eigenvalue weighted by Gasteiger charge is 2.30. The van der Waals surface area contributed by atoms with Crippen molar-refractivity contribution in [3.8, 4) is 5.75 Å². The quantitative estimate of drug-likeness (QED) is 0.716. The molecule has 3 rings (SSSR count). The molecule has 1 aliphatic rings. The molecule has 130 valence electrons. The van der Waals surface area contributed by atoms with Crippen molar-refractivity contribution in [3.63, 3.8) is 0 Å². The fourth-order valence-electron chi connectivity index (χ4n) is 2.74. The minimum Gasteiger partial charge on any atom is -0.489 e. The van der Waals surface area contributed by atoms with Gasteiger partial charge >= 0.3 is 0 Å². The van der Waals surface area contributed by atoms with Crippen LogP contribution in [0.15, 0.2) is 54.6 Å². The number of amides is 2. The van der Waals surface area contributed by atoms with Gasteiger partial charge in [0.25, 0.3) is 5.24 Å². The van der Waals surface area contributed by atoms with Gasteiger partial charge in [-0.3, -0.25) is 14.9 Å². The molecule has 25 heavy (non-hydrogen) atoms. The summed E-state index contributed by atoms with van der Waals surface area (Å²) in [7, 11) is 0. The van der Waals surface area contributed by atoms with Crippen molar-refractivity contribution in [2.45, 2.75) is 37.5 Å². The highest BCUT2D eigenvalue weighted by atomic mass is 32.2. The lowest BCUT2D eigenvalue weighted by molar-refractivity contribution is -0.119. The summed E-state index contributed by atoms with van der Waals surface area (Å²) in [6.45, 7) is 0.569. The molecule has 0 radical (unpaired) electrons. The zero-order chi connectivity index (χ0) is 17.5. The van der Waals surface area contributed by atoms with Crippen LogP contribution in [-0.2, 0) is 17.8 Å². The normalized spacial score (nSPS) is 16.7. The zero-order valence-corrected chi connectivity index (χ0v) is 14.8. The van der Waals surface area contributed by atoms with Crippen LogP contribution < -0.4 is 10.1 Å². The predicted octanol–water partition coefficient (Wildman–Crippen LogP) is 4.33. The Balaban J connectivity index is 1.37. The number of benzene rings is 2. The predicted molar refractivity (Wildman–Crippen MR) is 99.7 cm³/mol. The maximum Gasteiger partial charge on any atom is 0.286 e. The van der Waals surface area contributed by atoms with Crippen LogP contribution in [0.3, 0.4) is 0 Å². The molecule has 2 amide bonds. The van der Waals surface area contributed by atoms with Gasteiger partial charge in [0, 0.05) is 0 Å². The average molecular weight is 355 g/mol. The molecule has 1 atom stereocenters. The number of ether oxygens (including phenoxy) is 1. The molecule has 1 fully saturated rings. The van der Waals surface area contributed by atoms with E-state index in [1.165, 1.54) is 5.56 Å². The highest BCUT2D eigenvalue weighted by Crippen LogP contribution is 2.24. The maximum absolute atomic E-state index is 11.5. The molecule has 0 saturated carbocycles. The average Bonchev–Trinajstić information content (AvgIpc) is 2.96. The Hall–Kier alpha value is -2.27. The Kier molecular flexibility index (Phi) is 6.12. The van der Waals surface area contributed by atoms with Crippen LogP contribution in [0.1, 0.15) is 30.4 Å². The van der Waals surface area contributed by atoms with E-state index >= 15 is 0 Å². The molecule has 1 N–H and O–H groups in total. The van der Waals surface area contributed by atoms with Crippen molar-refractivity contribution in [1.82, 2.24) is 5.32 Å². The van der Waals surface area contributed by atoms with Crippen LogP contribution in [0.25, 0.3) is 0 Å². The summed E-state index contributed by atoms with van der Waals surface area (Å²) in [5.41, 5.74) is 2.41. The molecule has 0 aliphatic carbocycles. The van der Waals surface area contributed by atoms with Crippen molar-refractivity contribution >= 4 is 22.9 Å². The lowest BCUT2D eigenvalue weighted by Gasteiger charge is -2.08. The van der Waals surface area contributed by atoms with E-state index in [-0.39, 0.29) is 16.4 Å². The Morgan fingerprint density at radius 2 is 1.68 bits per heavy atom. The summed E-state index contributed by atoms with van der Waals surface area (Å²) in [5, 5.41) is 1.90. The van der Waals surface area contributed by atoms with Crippen molar-refractivity contribution in [2.75, 3.05) is 0 Å². The van der Waals surface area contributed by atoms with E-state index in [9.17, 15) is 9.59 Å². The van der Waals surface area contributed by atoms with Crippen molar-refractivity contribution < 1.29 is 14.3 Å². The first-order valence-corrected chi connectivity index (χ1v) is 9.36. The topological polar surface area (TPSA) is 55.4 Å². The number of imide groups is 1.